The smallest absolute Gasteiger partial charge is 0.238 e. The van der Waals surface area contributed by atoms with Crippen LogP contribution in [0.1, 0.15) is 12.8 Å². The van der Waals surface area contributed by atoms with E-state index in [1.807, 2.05) is 0 Å². The number of halogens is 4. The van der Waals surface area contributed by atoms with Crippen molar-refractivity contribution in [3.05, 3.63) is 26.2 Å². The molecule has 1 atom stereocenters. The van der Waals surface area contributed by atoms with Crippen LogP contribution in [-0.2, 0) is 9.53 Å². The first-order valence-corrected chi connectivity index (χ1v) is 8.77. The number of likely N-dealkylation sites (tertiary alicyclic amines) is 1. The van der Waals surface area contributed by atoms with Gasteiger partial charge in [-0.1, -0.05) is 46.4 Å². The van der Waals surface area contributed by atoms with Gasteiger partial charge in [0.2, 0.25) is 5.91 Å². The summed E-state index contributed by atoms with van der Waals surface area (Å²) in [6.07, 6.45) is 2.17. The third-order valence-electron chi connectivity index (χ3n) is 3.75. The van der Waals surface area contributed by atoms with Gasteiger partial charge in [-0.3, -0.25) is 9.69 Å². The van der Waals surface area contributed by atoms with Gasteiger partial charge < -0.3 is 10.1 Å². The Hall–Kier alpha value is -0.230. The van der Waals surface area contributed by atoms with Crippen molar-refractivity contribution in [3.8, 4) is 0 Å². The van der Waals surface area contributed by atoms with E-state index in [1.165, 1.54) is 6.07 Å². The molecule has 1 aliphatic heterocycles. The SMILES string of the molecule is COCC1CCCN(CC(=O)Nc2c(Cl)c(Cl)cc(Cl)c2Cl)C1. The molecule has 1 heterocycles. The van der Waals surface area contributed by atoms with Crippen molar-refractivity contribution in [2.45, 2.75) is 12.8 Å². The Morgan fingerprint density at radius 2 is 1.96 bits per heavy atom. The molecule has 0 saturated carbocycles. The number of piperidine rings is 1. The zero-order valence-corrected chi connectivity index (χ0v) is 15.7. The zero-order chi connectivity index (χ0) is 17.0. The summed E-state index contributed by atoms with van der Waals surface area (Å²) in [5, 5.41) is 3.57. The van der Waals surface area contributed by atoms with Crippen molar-refractivity contribution in [2.24, 2.45) is 5.92 Å². The Morgan fingerprint density at radius 1 is 1.30 bits per heavy atom. The molecule has 4 nitrogen and oxygen atoms in total. The van der Waals surface area contributed by atoms with Gasteiger partial charge >= 0.3 is 0 Å². The highest BCUT2D eigenvalue weighted by Crippen LogP contribution is 2.41. The van der Waals surface area contributed by atoms with E-state index in [1.54, 1.807) is 7.11 Å². The van der Waals surface area contributed by atoms with Crippen LogP contribution in [0.25, 0.3) is 0 Å². The van der Waals surface area contributed by atoms with E-state index in [9.17, 15) is 4.79 Å². The van der Waals surface area contributed by atoms with E-state index in [4.69, 9.17) is 51.1 Å². The highest BCUT2D eigenvalue weighted by molar-refractivity contribution is 6.50. The minimum absolute atomic E-state index is 0.185. The Balaban J connectivity index is 2.00. The molecule has 0 aromatic heterocycles. The van der Waals surface area contributed by atoms with Gasteiger partial charge in [0.1, 0.15) is 0 Å². The Labute approximate surface area is 156 Å². The Kier molecular flexibility index (Phi) is 7.26. The number of anilines is 1. The van der Waals surface area contributed by atoms with E-state index in [2.05, 4.69) is 10.2 Å². The third kappa shape index (κ3) is 5.12. The summed E-state index contributed by atoms with van der Waals surface area (Å²) in [6.45, 7) is 2.68. The average molecular weight is 400 g/mol. The molecule has 1 N–H and O–H groups in total. The molecule has 0 aliphatic carbocycles. The molecular weight excluding hydrogens is 382 g/mol. The van der Waals surface area contributed by atoms with Crippen LogP contribution in [0.2, 0.25) is 20.1 Å². The summed E-state index contributed by atoms with van der Waals surface area (Å²) in [7, 11) is 1.69. The third-order valence-corrected chi connectivity index (χ3v) is 5.32. The lowest BCUT2D eigenvalue weighted by Gasteiger charge is -2.31. The fourth-order valence-corrected chi connectivity index (χ4v) is 3.64. The van der Waals surface area contributed by atoms with Gasteiger partial charge in [-0.05, 0) is 31.4 Å². The van der Waals surface area contributed by atoms with Gasteiger partial charge in [-0.15, -0.1) is 0 Å². The molecule has 8 heteroatoms. The first-order valence-electron chi connectivity index (χ1n) is 7.26. The second-order valence-corrected chi connectivity index (χ2v) is 7.16. The maximum absolute atomic E-state index is 12.3. The molecule has 1 fully saturated rings. The second-order valence-electron chi connectivity index (χ2n) is 5.59. The van der Waals surface area contributed by atoms with E-state index in [0.29, 0.717) is 12.5 Å². The Bertz CT molecular complexity index is 555. The van der Waals surface area contributed by atoms with E-state index in [0.717, 1.165) is 25.9 Å². The quantitative estimate of drug-likeness (QED) is 0.735. The van der Waals surface area contributed by atoms with Gasteiger partial charge in [-0.2, -0.15) is 0 Å². The van der Waals surface area contributed by atoms with Gasteiger partial charge in [0, 0.05) is 13.7 Å². The fraction of sp³-hybridized carbons (Fsp3) is 0.533. The van der Waals surface area contributed by atoms with Crippen molar-refractivity contribution in [1.29, 1.82) is 0 Å². The topological polar surface area (TPSA) is 41.6 Å². The van der Waals surface area contributed by atoms with Crippen LogP contribution in [-0.4, -0.2) is 44.2 Å². The maximum atomic E-state index is 12.3. The molecule has 0 bridgehead atoms. The summed E-state index contributed by atoms with van der Waals surface area (Å²) < 4.78 is 5.20. The molecule has 128 valence electrons. The number of ether oxygens (including phenoxy) is 1. The lowest BCUT2D eigenvalue weighted by Crippen LogP contribution is -2.41. The van der Waals surface area contributed by atoms with Crippen LogP contribution in [0.3, 0.4) is 0 Å². The summed E-state index contributed by atoms with van der Waals surface area (Å²) in [5.41, 5.74) is 0.251. The summed E-state index contributed by atoms with van der Waals surface area (Å²) >= 11 is 24.1. The van der Waals surface area contributed by atoms with Crippen LogP contribution in [0, 0.1) is 5.92 Å². The zero-order valence-electron chi connectivity index (χ0n) is 12.7. The molecule has 2 rings (SSSR count). The number of rotatable bonds is 5. The molecule has 0 radical (unpaired) electrons. The maximum Gasteiger partial charge on any atom is 0.238 e. The van der Waals surface area contributed by atoms with Crippen LogP contribution < -0.4 is 5.32 Å². The van der Waals surface area contributed by atoms with E-state index >= 15 is 0 Å². The van der Waals surface area contributed by atoms with E-state index < -0.39 is 0 Å². The second kappa shape index (κ2) is 8.75. The predicted molar refractivity (Wildman–Crippen MR) is 96.2 cm³/mol. The highest BCUT2D eigenvalue weighted by Gasteiger charge is 2.23. The molecule has 1 unspecified atom stereocenters. The monoisotopic (exact) mass is 398 g/mol. The number of benzene rings is 1. The standard InChI is InChI=1S/C15H18Cl4N2O2/c1-23-8-9-3-2-4-21(6-9)7-12(22)20-15-13(18)10(16)5-11(17)14(15)19/h5,9H,2-4,6-8H2,1H3,(H,20,22). The average Bonchev–Trinajstić information content (AvgIpc) is 2.50. The fourth-order valence-electron chi connectivity index (χ4n) is 2.73. The number of carbonyl (C=O) groups excluding carboxylic acids is 1. The first-order chi connectivity index (χ1) is 10.9. The molecule has 1 aromatic rings. The number of methoxy groups -OCH3 is 1. The molecular formula is C15H18Cl4N2O2. The van der Waals surface area contributed by atoms with Gasteiger partial charge in [0.05, 0.1) is 38.9 Å². The summed E-state index contributed by atoms with van der Waals surface area (Å²) in [5.74, 6) is 0.250. The number of carbonyl (C=O) groups is 1. The lowest BCUT2D eigenvalue weighted by atomic mass is 9.99. The van der Waals surface area contributed by atoms with Crippen LogP contribution in [0.15, 0.2) is 6.07 Å². The van der Waals surface area contributed by atoms with Crippen LogP contribution in [0.4, 0.5) is 5.69 Å². The van der Waals surface area contributed by atoms with Gasteiger partial charge in [0.25, 0.3) is 0 Å². The number of hydrogen-bond donors (Lipinski definition) is 1. The number of nitrogens with one attached hydrogen (secondary N) is 1. The largest absolute Gasteiger partial charge is 0.384 e. The summed E-state index contributed by atoms with van der Waals surface area (Å²) in [6, 6.07) is 1.45. The molecule has 1 saturated heterocycles. The molecule has 1 aromatic carbocycles. The minimum atomic E-state index is -0.204. The van der Waals surface area contributed by atoms with Crippen molar-refractivity contribution < 1.29 is 9.53 Å². The minimum Gasteiger partial charge on any atom is -0.384 e. The molecule has 1 amide bonds. The molecule has 23 heavy (non-hydrogen) atoms. The summed E-state index contributed by atoms with van der Waals surface area (Å²) in [4.78, 5) is 14.4. The predicted octanol–water partition coefficient (Wildman–Crippen LogP) is 4.60. The molecule has 0 spiro atoms. The number of nitrogens with zero attached hydrogens (tertiary/aromatic N) is 1. The van der Waals surface area contributed by atoms with Crippen molar-refractivity contribution in [3.63, 3.8) is 0 Å². The van der Waals surface area contributed by atoms with Crippen molar-refractivity contribution in [2.75, 3.05) is 38.7 Å². The lowest BCUT2D eigenvalue weighted by molar-refractivity contribution is -0.117. The number of amides is 1. The van der Waals surface area contributed by atoms with Crippen molar-refractivity contribution in [1.82, 2.24) is 4.90 Å². The number of hydrogen-bond acceptors (Lipinski definition) is 3. The van der Waals surface area contributed by atoms with Crippen LogP contribution >= 0.6 is 46.4 Å². The van der Waals surface area contributed by atoms with E-state index in [-0.39, 0.29) is 38.2 Å². The Morgan fingerprint density at radius 3 is 2.57 bits per heavy atom. The van der Waals surface area contributed by atoms with Crippen LogP contribution in [0.5, 0.6) is 0 Å². The highest BCUT2D eigenvalue weighted by atomic mass is 35.5. The van der Waals surface area contributed by atoms with Gasteiger partial charge in [-0.25, -0.2) is 0 Å². The first kappa shape index (κ1) is 19.1. The van der Waals surface area contributed by atoms with Gasteiger partial charge in [0.15, 0.2) is 0 Å². The molecule has 1 aliphatic rings. The normalized spacial score (nSPS) is 18.9. The van der Waals surface area contributed by atoms with Crippen molar-refractivity contribution >= 4 is 58.0 Å².